The van der Waals surface area contributed by atoms with Crippen molar-refractivity contribution in [2.24, 2.45) is 0 Å². The molecule has 1 aliphatic heterocycles. The van der Waals surface area contributed by atoms with Crippen molar-refractivity contribution >= 4 is 22.3 Å². The first kappa shape index (κ1) is 20.3. The number of hydrogen-bond donors (Lipinski definition) is 0. The van der Waals surface area contributed by atoms with Crippen molar-refractivity contribution in [1.82, 2.24) is 29.7 Å². The van der Waals surface area contributed by atoms with Crippen LogP contribution in [0.15, 0.2) is 53.1 Å². The lowest BCUT2D eigenvalue weighted by molar-refractivity contribution is 0.256. The van der Waals surface area contributed by atoms with Gasteiger partial charge in [0.2, 0.25) is 4.96 Å². The highest BCUT2D eigenvalue weighted by Crippen LogP contribution is 2.28. The van der Waals surface area contributed by atoms with E-state index in [-0.39, 0.29) is 12.0 Å². The molecule has 4 aromatic rings. The highest BCUT2D eigenvalue weighted by Gasteiger charge is 2.20. The van der Waals surface area contributed by atoms with Crippen LogP contribution in [0.2, 0.25) is 0 Å². The fourth-order valence-electron chi connectivity index (χ4n) is 3.19. The van der Waals surface area contributed by atoms with Crippen molar-refractivity contribution in [1.29, 1.82) is 0 Å². The Balaban J connectivity index is 1.25. The highest BCUT2D eigenvalue weighted by molar-refractivity contribution is 7.18. The molecule has 0 fully saturated rings. The Morgan fingerprint density at radius 3 is 2.81 bits per heavy atom. The van der Waals surface area contributed by atoms with E-state index < -0.39 is 5.82 Å². The monoisotopic (exact) mass is 453 g/mol. The lowest BCUT2D eigenvalue weighted by Gasteiger charge is -2.21. The van der Waals surface area contributed by atoms with E-state index in [0.29, 0.717) is 39.8 Å². The smallest absolute Gasteiger partial charge is 0.328 e. The zero-order valence-corrected chi connectivity index (χ0v) is 18.5. The SMILES string of the molecule is CC(C)c1noc(N2C=CC([C@H](C)Oc3nn4cc(-c5ccncc5F)nc4s3)=CC2)n1. The zero-order chi connectivity index (χ0) is 22.2. The Morgan fingerprint density at radius 1 is 1.25 bits per heavy atom. The van der Waals surface area contributed by atoms with Crippen LogP contribution in [-0.2, 0) is 0 Å². The molecule has 4 aromatic heterocycles. The van der Waals surface area contributed by atoms with Gasteiger partial charge < -0.3 is 9.26 Å². The average molecular weight is 454 g/mol. The number of nitrogens with zero attached hydrogens (tertiary/aromatic N) is 7. The molecule has 1 aliphatic rings. The number of aromatic nitrogens is 6. The Kier molecular flexibility index (Phi) is 5.17. The largest absolute Gasteiger partial charge is 0.461 e. The second-order valence-corrected chi connectivity index (χ2v) is 8.52. The van der Waals surface area contributed by atoms with E-state index in [1.807, 2.05) is 44.0 Å². The van der Waals surface area contributed by atoms with E-state index in [0.717, 1.165) is 5.57 Å². The Bertz CT molecular complexity index is 1290. The molecule has 9 nitrogen and oxygen atoms in total. The van der Waals surface area contributed by atoms with Crippen LogP contribution < -0.4 is 9.64 Å². The lowest BCUT2D eigenvalue weighted by atomic mass is 10.1. The summed E-state index contributed by atoms with van der Waals surface area (Å²) in [6.45, 7) is 6.59. The maximum atomic E-state index is 14.0. The molecule has 0 aromatic carbocycles. The van der Waals surface area contributed by atoms with Crippen LogP contribution in [0.5, 0.6) is 5.19 Å². The zero-order valence-electron chi connectivity index (χ0n) is 17.6. The number of halogens is 1. The normalized spacial score (nSPS) is 14.9. The van der Waals surface area contributed by atoms with Gasteiger partial charge in [-0.15, -0.1) is 5.10 Å². The summed E-state index contributed by atoms with van der Waals surface area (Å²) in [6.07, 6.45) is 10.1. The van der Waals surface area contributed by atoms with Gasteiger partial charge in [0.05, 0.1) is 18.1 Å². The molecule has 0 aliphatic carbocycles. The first-order valence-corrected chi connectivity index (χ1v) is 10.9. The number of fused-ring (bicyclic) bond motifs is 1. The van der Waals surface area contributed by atoms with Crippen molar-refractivity contribution in [3.8, 4) is 16.5 Å². The number of ether oxygens (including phenoxy) is 1. The summed E-state index contributed by atoms with van der Waals surface area (Å²) in [5.41, 5.74) is 1.90. The van der Waals surface area contributed by atoms with Gasteiger partial charge in [-0.3, -0.25) is 9.88 Å². The third kappa shape index (κ3) is 3.86. The summed E-state index contributed by atoms with van der Waals surface area (Å²) in [6, 6.07) is 2.06. The summed E-state index contributed by atoms with van der Waals surface area (Å²) in [4.78, 5) is 15.1. The van der Waals surface area contributed by atoms with Crippen molar-refractivity contribution in [3.63, 3.8) is 0 Å². The van der Waals surface area contributed by atoms with Gasteiger partial charge in [0.1, 0.15) is 6.10 Å². The number of hydrogen-bond acceptors (Lipinski definition) is 9. The number of pyridine rings is 1. The van der Waals surface area contributed by atoms with Crippen LogP contribution in [0.1, 0.15) is 32.5 Å². The molecule has 164 valence electrons. The van der Waals surface area contributed by atoms with E-state index in [4.69, 9.17) is 9.26 Å². The van der Waals surface area contributed by atoms with E-state index >= 15 is 0 Å². The van der Waals surface area contributed by atoms with Crippen molar-refractivity contribution < 1.29 is 13.7 Å². The molecule has 0 unspecified atom stereocenters. The van der Waals surface area contributed by atoms with Gasteiger partial charge in [-0.1, -0.05) is 25.1 Å². The summed E-state index contributed by atoms with van der Waals surface area (Å²) in [5.74, 6) is 0.470. The second kappa shape index (κ2) is 8.15. The van der Waals surface area contributed by atoms with Crippen LogP contribution in [0.25, 0.3) is 16.2 Å². The van der Waals surface area contributed by atoms with Gasteiger partial charge >= 0.3 is 6.01 Å². The van der Waals surface area contributed by atoms with Crippen molar-refractivity contribution in [3.05, 3.63) is 60.2 Å². The molecular weight excluding hydrogens is 433 g/mol. The lowest BCUT2D eigenvalue weighted by Crippen LogP contribution is -2.23. The minimum absolute atomic E-state index is 0.208. The third-order valence-corrected chi connectivity index (χ3v) is 5.80. The molecular formula is C21H20FN7O2S. The maximum Gasteiger partial charge on any atom is 0.328 e. The third-order valence-electron chi connectivity index (χ3n) is 4.98. The van der Waals surface area contributed by atoms with Gasteiger partial charge in [0.25, 0.3) is 5.19 Å². The highest BCUT2D eigenvalue weighted by atomic mass is 32.1. The molecule has 5 heterocycles. The Morgan fingerprint density at radius 2 is 2.12 bits per heavy atom. The number of imidazole rings is 1. The van der Waals surface area contributed by atoms with Crippen LogP contribution in [0.3, 0.4) is 0 Å². The van der Waals surface area contributed by atoms with Gasteiger partial charge in [-0.2, -0.15) is 4.98 Å². The summed E-state index contributed by atoms with van der Waals surface area (Å²) < 4.78 is 26.9. The van der Waals surface area contributed by atoms with Gasteiger partial charge in [-0.25, -0.2) is 13.9 Å². The van der Waals surface area contributed by atoms with Crippen LogP contribution >= 0.6 is 11.3 Å². The van der Waals surface area contributed by atoms with Crippen molar-refractivity contribution in [2.45, 2.75) is 32.8 Å². The maximum absolute atomic E-state index is 14.0. The Hall–Kier alpha value is -3.60. The number of rotatable bonds is 6. The minimum atomic E-state index is -0.422. The summed E-state index contributed by atoms with van der Waals surface area (Å²) in [7, 11) is 0. The summed E-state index contributed by atoms with van der Waals surface area (Å²) >= 11 is 1.30. The molecule has 32 heavy (non-hydrogen) atoms. The molecule has 0 spiro atoms. The first-order valence-electron chi connectivity index (χ1n) is 10.1. The van der Waals surface area contributed by atoms with E-state index in [9.17, 15) is 4.39 Å². The Labute approximate surface area is 186 Å². The topological polar surface area (TPSA) is 94.5 Å². The molecule has 1 atom stereocenters. The molecule has 11 heteroatoms. The average Bonchev–Trinajstić information content (AvgIpc) is 3.49. The fraction of sp³-hybridized carbons (Fsp3) is 0.286. The van der Waals surface area contributed by atoms with Crippen LogP contribution in [0, 0.1) is 5.82 Å². The number of anilines is 1. The molecule has 0 saturated carbocycles. The van der Waals surface area contributed by atoms with E-state index in [1.165, 1.54) is 23.7 Å². The van der Waals surface area contributed by atoms with Crippen LogP contribution in [-0.4, -0.2) is 42.4 Å². The van der Waals surface area contributed by atoms with Gasteiger partial charge in [0.15, 0.2) is 11.6 Å². The summed E-state index contributed by atoms with van der Waals surface area (Å²) in [5, 5.41) is 8.91. The van der Waals surface area contributed by atoms with E-state index in [1.54, 1.807) is 16.8 Å². The fourth-order valence-corrected chi connectivity index (χ4v) is 4.00. The standard InChI is InChI=1S/C21H20FN7O2S/c1-12(2)18-25-19(31-27-18)28-8-5-14(6-9-28)13(3)30-21-26-29-11-17(24-20(29)32-21)15-4-7-23-10-16(15)22/h4-8,10-13H,9H2,1-3H3/t13-/m0/s1. The molecule has 0 bridgehead atoms. The molecule has 0 radical (unpaired) electrons. The second-order valence-electron chi connectivity index (χ2n) is 7.60. The predicted octanol–water partition coefficient (Wildman–Crippen LogP) is 4.23. The van der Waals surface area contributed by atoms with Gasteiger partial charge in [0, 0.05) is 30.4 Å². The molecule has 5 rings (SSSR count). The molecule has 0 N–H and O–H groups in total. The van der Waals surface area contributed by atoms with Crippen LogP contribution in [0.4, 0.5) is 10.4 Å². The predicted molar refractivity (Wildman–Crippen MR) is 117 cm³/mol. The minimum Gasteiger partial charge on any atom is -0.461 e. The van der Waals surface area contributed by atoms with Gasteiger partial charge in [-0.05, 0) is 36.0 Å². The quantitative estimate of drug-likeness (QED) is 0.428. The molecule has 0 saturated heterocycles. The molecule has 0 amide bonds. The van der Waals surface area contributed by atoms with Crippen molar-refractivity contribution in [2.75, 3.05) is 11.4 Å². The van der Waals surface area contributed by atoms with E-state index in [2.05, 4.69) is 25.2 Å². The first-order chi connectivity index (χ1) is 15.5.